The highest BCUT2D eigenvalue weighted by molar-refractivity contribution is 6.30. The lowest BCUT2D eigenvalue weighted by Gasteiger charge is -2.23. The van der Waals surface area contributed by atoms with Gasteiger partial charge in [-0.25, -0.2) is 4.68 Å². The number of aromatic nitrogens is 2. The number of carbonyl (C=O) groups excluding carboxylic acids is 1. The van der Waals surface area contributed by atoms with Gasteiger partial charge in [0.2, 0.25) is 0 Å². The smallest absolute Gasteiger partial charge is 0.334 e. The minimum absolute atomic E-state index is 0.00586. The van der Waals surface area contributed by atoms with E-state index in [4.69, 9.17) is 11.6 Å². The average molecular weight is 467 g/mol. The number of hydrogen-bond acceptors (Lipinski definition) is 4. The molecule has 1 heterocycles. The van der Waals surface area contributed by atoms with Crippen LogP contribution in [-0.4, -0.2) is 32.1 Å². The molecular formula is C21H18ClF3N4O3. The van der Waals surface area contributed by atoms with Crippen LogP contribution < -0.4 is 0 Å². The third-order valence-corrected chi connectivity index (χ3v) is 4.89. The summed E-state index contributed by atoms with van der Waals surface area (Å²) < 4.78 is 42.5. The van der Waals surface area contributed by atoms with E-state index in [0.29, 0.717) is 21.7 Å². The fourth-order valence-electron chi connectivity index (χ4n) is 3.19. The molecule has 3 aromatic rings. The zero-order valence-corrected chi connectivity index (χ0v) is 17.6. The summed E-state index contributed by atoms with van der Waals surface area (Å²) in [5.41, 5.74) is -1.22. The minimum Gasteiger partial charge on any atom is -0.334 e. The highest BCUT2D eigenvalue weighted by Crippen LogP contribution is 2.34. The molecule has 1 amide bonds. The maximum atomic E-state index is 13.9. The number of non-ortho nitro benzene ring substituents is 1. The van der Waals surface area contributed by atoms with Crippen LogP contribution in [0.15, 0.2) is 54.7 Å². The van der Waals surface area contributed by atoms with Crippen LogP contribution in [0.1, 0.15) is 35.0 Å². The number of alkyl halides is 3. The topological polar surface area (TPSA) is 81.3 Å². The van der Waals surface area contributed by atoms with E-state index in [0.717, 1.165) is 6.20 Å². The second kappa shape index (κ2) is 9.39. The fraction of sp³-hybridized carbons (Fsp3) is 0.238. The van der Waals surface area contributed by atoms with E-state index in [-0.39, 0.29) is 24.5 Å². The number of halogens is 4. The van der Waals surface area contributed by atoms with Gasteiger partial charge in [0.25, 0.3) is 11.6 Å². The molecule has 7 nitrogen and oxygen atoms in total. The van der Waals surface area contributed by atoms with Gasteiger partial charge in [0.1, 0.15) is 0 Å². The van der Waals surface area contributed by atoms with Gasteiger partial charge < -0.3 is 4.90 Å². The van der Waals surface area contributed by atoms with Gasteiger partial charge >= 0.3 is 6.18 Å². The molecular weight excluding hydrogens is 449 g/mol. The summed E-state index contributed by atoms with van der Waals surface area (Å²) in [6.45, 7) is 1.98. The number of rotatable bonds is 7. The van der Waals surface area contributed by atoms with Crippen LogP contribution in [0.3, 0.4) is 0 Å². The first kappa shape index (κ1) is 23.3. The monoisotopic (exact) mass is 466 g/mol. The quantitative estimate of drug-likeness (QED) is 0.340. The van der Waals surface area contributed by atoms with E-state index in [1.807, 2.05) is 0 Å². The van der Waals surface area contributed by atoms with E-state index in [9.17, 15) is 28.1 Å². The Morgan fingerprint density at radius 2 is 1.78 bits per heavy atom. The third kappa shape index (κ3) is 5.08. The molecule has 3 rings (SSSR count). The van der Waals surface area contributed by atoms with Crippen molar-refractivity contribution in [2.24, 2.45) is 0 Å². The lowest BCUT2D eigenvalue weighted by molar-refractivity contribution is -0.384. The summed E-state index contributed by atoms with van der Waals surface area (Å²) in [6, 6.07) is 11.1. The fourth-order valence-corrected chi connectivity index (χ4v) is 3.32. The molecule has 1 aromatic heterocycles. The van der Waals surface area contributed by atoms with Gasteiger partial charge in [0, 0.05) is 30.2 Å². The lowest BCUT2D eigenvalue weighted by atomic mass is 10.1. The molecule has 0 atom stereocenters. The van der Waals surface area contributed by atoms with Crippen LogP contribution in [0.4, 0.5) is 18.9 Å². The van der Waals surface area contributed by atoms with Gasteiger partial charge in [-0.2, -0.15) is 18.3 Å². The highest BCUT2D eigenvalue weighted by Gasteiger charge is 2.41. The van der Waals surface area contributed by atoms with Crippen LogP contribution in [0.5, 0.6) is 0 Å². The van der Waals surface area contributed by atoms with Gasteiger partial charge in [0.15, 0.2) is 5.69 Å². The SMILES string of the molecule is CCCN(Cc1ccc([N+](=O)[O-])cc1)C(=O)c1cnn(-c2ccc(Cl)cc2)c1C(F)(F)F. The Morgan fingerprint density at radius 3 is 2.31 bits per heavy atom. The minimum atomic E-state index is -4.84. The van der Waals surface area contributed by atoms with E-state index in [1.54, 1.807) is 6.92 Å². The van der Waals surface area contributed by atoms with Crippen LogP contribution in [-0.2, 0) is 12.7 Å². The van der Waals surface area contributed by atoms with Crippen LogP contribution in [0.25, 0.3) is 5.69 Å². The van der Waals surface area contributed by atoms with Crippen molar-refractivity contribution < 1.29 is 22.9 Å². The summed E-state index contributed by atoms with van der Waals surface area (Å²) in [6.07, 6.45) is -3.43. The molecule has 0 saturated carbocycles. The molecule has 11 heteroatoms. The van der Waals surface area contributed by atoms with Gasteiger partial charge in [0.05, 0.1) is 22.4 Å². The highest BCUT2D eigenvalue weighted by atomic mass is 35.5. The number of nitrogens with zero attached hydrogens (tertiary/aromatic N) is 4. The zero-order chi connectivity index (χ0) is 23.5. The van der Waals surface area contributed by atoms with Crippen molar-refractivity contribution in [2.45, 2.75) is 26.1 Å². The molecule has 32 heavy (non-hydrogen) atoms. The average Bonchev–Trinajstić information content (AvgIpc) is 3.19. The number of nitro groups is 1. The van der Waals surface area contributed by atoms with Crippen molar-refractivity contribution in [3.63, 3.8) is 0 Å². The second-order valence-corrected chi connectivity index (χ2v) is 7.38. The van der Waals surface area contributed by atoms with E-state index < -0.39 is 28.3 Å². The first-order valence-corrected chi connectivity index (χ1v) is 9.93. The Bertz CT molecular complexity index is 1110. The van der Waals surface area contributed by atoms with Crippen molar-refractivity contribution in [2.75, 3.05) is 6.54 Å². The molecule has 0 aliphatic carbocycles. The Labute approximate surface area is 186 Å². The standard InChI is InChI=1S/C21H18ClF3N4O3/c1-2-11-27(13-14-3-7-17(8-4-14)29(31)32)20(30)18-12-26-28(19(18)21(23,24)25)16-9-5-15(22)6-10-16/h3-10,12H,2,11,13H2,1H3. The van der Waals surface area contributed by atoms with Gasteiger partial charge in [-0.05, 0) is 36.2 Å². The van der Waals surface area contributed by atoms with E-state index in [1.165, 1.54) is 53.4 Å². The first-order chi connectivity index (χ1) is 15.1. The molecule has 0 bridgehead atoms. The summed E-state index contributed by atoms with van der Waals surface area (Å²) in [7, 11) is 0. The predicted molar refractivity (Wildman–Crippen MR) is 112 cm³/mol. The Balaban J connectivity index is 1.97. The maximum absolute atomic E-state index is 13.9. The lowest BCUT2D eigenvalue weighted by Crippen LogP contribution is -2.33. The number of amides is 1. The van der Waals surface area contributed by atoms with Crippen molar-refractivity contribution in [1.29, 1.82) is 0 Å². The summed E-state index contributed by atoms with van der Waals surface area (Å²) >= 11 is 5.81. The predicted octanol–water partition coefficient (Wildman–Crippen LogP) is 5.51. The van der Waals surface area contributed by atoms with Crippen molar-refractivity contribution in [3.8, 4) is 5.69 Å². The summed E-state index contributed by atoms with van der Waals surface area (Å²) in [5.74, 6) is -0.835. The van der Waals surface area contributed by atoms with Crippen molar-refractivity contribution >= 4 is 23.2 Å². The first-order valence-electron chi connectivity index (χ1n) is 9.55. The molecule has 0 saturated heterocycles. The number of nitro benzene ring substituents is 1. The number of carbonyl (C=O) groups is 1. The van der Waals surface area contributed by atoms with E-state index >= 15 is 0 Å². The molecule has 0 fully saturated rings. The molecule has 2 aromatic carbocycles. The zero-order valence-electron chi connectivity index (χ0n) is 16.8. The molecule has 0 N–H and O–H groups in total. The summed E-state index contributed by atoms with van der Waals surface area (Å²) in [4.78, 5) is 24.6. The van der Waals surface area contributed by atoms with Crippen molar-refractivity contribution in [1.82, 2.24) is 14.7 Å². The second-order valence-electron chi connectivity index (χ2n) is 6.94. The molecule has 0 unspecified atom stereocenters. The van der Waals surface area contributed by atoms with Crippen LogP contribution in [0, 0.1) is 10.1 Å². The van der Waals surface area contributed by atoms with Gasteiger partial charge in [-0.1, -0.05) is 30.7 Å². The Hall–Kier alpha value is -3.40. The van der Waals surface area contributed by atoms with Crippen molar-refractivity contribution in [3.05, 3.63) is 86.7 Å². The molecule has 0 radical (unpaired) electrons. The largest absolute Gasteiger partial charge is 0.434 e. The number of hydrogen-bond donors (Lipinski definition) is 0. The third-order valence-electron chi connectivity index (χ3n) is 4.64. The molecule has 0 spiro atoms. The normalized spacial score (nSPS) is 11.4. The Morgan fingerprint density at radius 1 is 1.16 bits per heavy atom. The molecule has 0 aliphatic heterocycles. The molecule has 0 aliphatic rings. The van der Waals surface area contributed by atoms with Crippen LogP contribution >= 0.6 is 11.6 Å². The van der Waals surface area contributed by atoms with Crippen LogP contribution in [0.2, 0.25) is 5.02 Å². The van der Waals surface area contributed by atoms with Gasteiger partial charge in [-0.3, -0.25) is 14.9 Å². The Kier molecular flexibility index (Phi) is 6.83. The molecule has 168 valence electrons. The van der Waals surface area contributed by atoms with E-state index in [2.05, 4.69) is 5.10 Å². The maximum Gasteiger partial charge on any atom is 0.434 e. The van der Waals surface area contributed by atoms with Gasteiger partial charge in [-0.15, -0.1) is 0 Å². The summed E-state index contributed by atoms with van der Waals surface area (Å²) in [5, 5.41) is 15.0. The number of benzene rings is 2.